The van der Waals surface area contributed by atoms with E-state index >= 15 is 0 Å². The molecule has 1 heterocycles. The fourth-order valence-corrected chi connectivity index (χ4v) is 1.87. The number of aryl methyl sites for hydroxylation is 1. The van der Waals surface area contributed by atoms with Crippen LogP contribution in [0.1, 0.15) is 29.9 Å². The second-order valence-electron chi connectivity index (χ2n) is 4.21. The summed E-state index contributed by atoms with van der Waals surface area (Å²) in [6.45, 7) is 3.72. The topological polar surface area (TPSA) is 13.1 Å². The van der Waals surface area contributed by atoms with Crippen LogP contribution in [0.15, 0.2) is 59.5 Å². The van der Waals surface area contributed by atoms with E-state index in [9.17, 15) is 0 Å². The Balaban J connectivity index is 1.92. The van der Waals surface area contributed by atoms with E-state index in [4.69, 9.17) is 4.42 Å². The molecule has 1 heteroatoms. The van der Waals surface area contributed by atoms with Crippen molar-refractivity contribution in [2.75, 3.05) is 0 Å². The second-order valence-corrected chi connectivity index (χ2v) is 4.21. The van der Waals surface area contributed by atoms with Crippen molar-refractivity contribution in [2.24, 2.45) is 0 Å². The molecule has 0 radical (unpaired) electrons. The van der Waals surface area contributed by atoms with Gasteiger partial charge < -0.3 is 4.42 Å². The molecule has 0 amide bonds. The molecule has 0 saturated heterocycles. The Hall–Kier alpha value is -1.76. The fourth-order valence-electron chi connectivity index (χ4n) is 1.87. The van der Waals surface area contributed by atoms with Gasteiger partial charge >= 0.3 is 0 Å². The summed E-state index contributed by atoms with van der Waals surface area (Å²) in [6, 6.07) is 14.6. The average molecular weight is 226 g/mol. The van der Waals surface area contributed by atoms with Crippen molar-refractivity contribution in [3.05, 3.63) is 72.2 Å². The molecule has 0 aliphatic rings. The maximum atomic E-state index is 5.80. The maximum Gasteiger partial charge on any atom is 0.108 e. The molecule has 1 aromatic carbocycles. The molecule has 0 spiro atoms. The predicted octanol–water partition coefficient (Wildman–Crippen LogP) is 4.38. The van der Waals surface area contributed by atoms with Crippen molar-refractivity contribution in [3.8, 4) is 0 Å². The summed E-state index contributed by atoms with van der Waals surface area (Å²) in [4.78, 5) is 0. The molecule has 88 valence electrons. The van der Waals surface area contributed by atoms with Crippen LogP contribution >= 0.6 is 0 Å². The van der Waals surface area contributed by atoms with Gasteiger partial charge in [-0.25, -0.2) is 0 Å². The zero-order valence-electron chi connectivity index (χ0n) is 10.1. The molecule has 0 atom stereocenters. The highest BCUT2D eigenvalue weighted by Gasteiger charge is 2.02. The van der Waals surface area contributed by atoms with Gasteiger partial charge in [0.25, 0.3) is 0 Å². The van der Waals surface area contributed by atoms with Gasteiger partial charge in [-0.3, -0.25) is 0 Å². The van der Waals surface area contributed by atoms with Gasteiger partial charge in [-0.15, -0.1) is 6.58 Å². The molecule has 0 aliphatic heterocycles. The third kappa shape index (κ3) is 3.63. The molecule has 0 fully saturated rings. The summed E-state index contributed by atoms with van der Waals surface area (Å²) in [7, 11) is 0. The van der Waals surface area contributed by atoms with Crippen LogP contribution in [0, 0.1) is 0 Å². The van der Waals surface area contributed by atoms with Crippen LogP contribution in [0.3, 0.4) is 0 Å². The predicted molar refractivity (Wildman–Crippen MR) is 71.1 cm³/mol. The monoisotopic (exact) mass is 226 g/mol. The third-order valence-corrected chi connectivity index (χ3v) is 2.77. The van der Waals surface area contributed by atoms with E-state index < -0.39 is 0 Å². The SMILES string of the molecule is C=CCCCc1ccc(Cc2ccccc2)o1. The summed E-state index contributed by atoms with van der Waals surface area (Å²) in [5.41, 5.74) is 1.29. The van der Waals surface area contributed by atoms with E-state index in [1.54, 1.807) is 0 Å². The Morgan fingerprint density at radius 1 is 1.00 bits per heavy atom. The van der Waals surface area contributed by atoms with Crippen LogP contribution in [-0.2, 0) is 12.8 Å². The summed E-state index contributed by atoms with van der Waals surface area (Å²) in [5, 5.41) is 0. The summed E-state index contributed by atoms with van der Waals surface area (Å²) >= 11 is 0. The van der Waals surface area contributed by atoms with Gasteiger partial charge in [0.2, 0.25) is 0 Å². The van der Waals surface area contributed by atoms with Crippen LogP contribution < -0.4 is 0 Å². The Bertz CT molecular complexity index is 453. The molecule has 2 aromatic rings. The minimum atomic E-state index is 0.877. The number of allylic oxidation sites excluding steroid dienone is 1. The number of hydrogen-bond donors (Lipinski definition) is 0. The molecular formula is C16H18O. The molecule has 1 aromatic heterocycles. The van der Waals surface area contributed by atoms with Crippen LogP contribution in [-0.4, -0.2) is 0 Å². The van der Waals surface area contributed by atoms with Gasteiger partial charge in [0.15, 0.2) is 0 Å². The number of rotatable bonds is 6. The van der Waals surface area contributed by atoms with E-state index in [0.717, 1.165) is 37.2 Å². The van der Waals surface area contributed by atoms with E-state index in [-0.39, 0.29) is 0 Å². The Labute approximate surface area is 103 Å². The van der Waals surface area contributed by atoms with Gasteiger partial charge in [-0.1, -0.05) is 36.4 Å². The summed E-state index contributed by atoms with van der Waals surface area (Å²) < 4.78 is 5.80. The van der Waals surface area contributed by atoms with Crippen molar-refractivity contribution in [1.29, 1.82) is 0 Å². The normalized spacial score (nSPS) is 10.4. The Morgan fingerprint density at radius 2 is 1.76 bits per heavy atom. The highest BCUT2D eigenvalue weighted by Crippen LogP contribution is 2.15. The van der Waals surface area contributed by atoms with Gasteiger partial charge in [0.05, 0.1) is 0 Å². The van der Waals surface area contributed by atoms with E-state index in [2.05, 4.69) is 43.0 Å². The smallest absolute Gasteiger partial charge is 0.108 e. The molecule has 17 heavy (non-hydrogen) atoms. The average Bonchev–Trinajstić information content (AvgIpc) is 2.79. The lowest BCUT2D eigenvalue weighted by atomic mass is 10.1. The van der Waals surface area contributed by atoms with Crippen LogP contribution in [0.4, 0.5) is 0 Å². The molecule has 0 bridgehead atoms. The Morgan fingerprint density at radius 3 is 2.53 bits per heavy atom. The second kappa shape index (κ2) is 6.09. The zero-order valence-corrected chi connectivity index (χ0v) is 10.1. The zero-order chi connectivity index (χ0) is 11.9. The third-order valence-electron chi connectivity index (χ3n) is 2.77. The lowest BCUT2D eigenvalue weighted by Crippen LogP contribution is -1.84. The molecule has 2 rings (SSSR count). The van der Waals surface area contributed by atoms with E-state index in [0.29, 0.717) is 0 Å². The maximum absolute atomic E-state index is 5.80. The van der Waals surface area contributed by atoms with Gasteiger partial charge in [-0.05, 0) is 30.5 Å². The minimum absolute atomic E-state index is 0.877. The summed E-state index contributed by atoms with van der Waals surface area (Å²) in [5.74, 6) is 2.13. The van der Waals surface area contributed by atoms with Crippen LogP contribution in [0.25, 0.3) is 0 Å². The standard InChI is InChI=1S/C16H18O/c1-2-3-5-10-15-11-12-16(17-15)13-14-8-6-4-7-9-14/h2,4,6-9,11-12H,1,3,5,10,13H2. The van der Waals surface area contributed by atoms with Gasteiger partial charge in [0, 0.05) is 12.8 Å². The Kier molecular flexibility index (Phi) is 4.20. The number of furan rings is 1. The van der Waals surface area contributed by atoms with Crippen molar-refractivity contribution in [2.45, 2.75) is 25.7 Å². The molecule has 1 nitrogen and oxygen atoms in total. The first kappa shape index (κ1) is 11.7. The number of unbranched alkanes of at least 4 members (excludes halogenated alkanes) is 1. The van der Waals surface area contributed by atoms with Crippen molar-refractivity contribution < 1.29 is 4.42 Å². The number of benzene rings is 1. The lowest BCUT2D eigenvalue weighted by Gasteiger charge is -1.98. The lowest BCUT2D eigenvalue weighted by molar-refractivity contribution is 0.468. The van der Waals surface area contributed by atoms with Crippen molar-refractivity contribution in [1.82, 2.24) is 0 Å². The first-order valence-corrected chi connectivity index (χ1v) is 6.11. The quantitative estimate of drug-likeness (QED) is 0.526. The van der Waals surface area contributed by atoms with Crippen molar-refractivity contribution in [3.63, 3.8) is 0 Å². The molecule has 0 unspecified atom stereocenters. The van der Waals surface area contributed by atoms with Crippen LogP contribution in [0.2, 0.25) is 0 Å². The number of hydrogen-bond acceptors (Lipinski definition) is 1. The largest absolute Gasteiger partial charge is 0.466 e. The molecule has 0 saturated carbocycles. The highest BCUT2D eigenvalue weighted by molar-refractivity contribution is 5.21. The van der Waals surface area contributed by atoms with Gasteiger partial charge in [-0.2, -0.15) is 0 Å². The summed E-state index contributed by atoms with van der Waals surface area (Å²) in [6.07, 6.45) is 5.99. The van der Waals surface area contributed by atoms with E-state index in [1.807, 2.05) is 12.1 Å². The first-order chi connectivity index (χ1) is 8.38. The van der Waals surface area contributed by atoms with E-state index in [1.165, 1.54) is 5.56 Å². The first-order valence-electron chi connectivity index (χ1n) is 6.11. The van der Waals surface area contributed by atoms with Crippen molar-refractivity contribution >= 4 is 0 Å². The molecular weight excluding hydrogens is 208 g/mol. The molecule has 0 N–H and O–H groups in total. The fraction of sp³-hybridized carbons (Fsp3) is 0.250. The molecule has 0 aliphatic carbocycles. The van der Waals surface area contributed by atoms with Gasteiger partial charge in [0.1, 0.15) is 11.5 Å². The highest BCUT2D eigenvalue weighted by atomic mass is 16.3. The van der Waals surface area contributed by atoms with Crippen LogP contribution in [0.5, 0.6) is 0 Å². The minimum Gasteiger partial charge on any atom is -0.466 e.